The Hall–Kier alpha value is -1.01. The molecule has 0 aliphatic heterocycles. The molecular weight excluding hydrogens is 248 g/mol. The van der Waals surface area contributed by atoms with Crippen molar-refractivity contribution in [3.63, 3.8) is 0 Å². The van der Waals surface area contributed by atoms with E-state index in [1.165, 1.54) is 25.4 Å². The van der Waals surface area contributed by atoms with Crippen LogP contribution in [0.15, 0.2) is 17.5 Å². The summed E-state index contributed by atoms with van der Waals surface area (Å²) >= 11 is 1.42. The maximum Gasteiger partial charge on any atom is 0.307 e. The smallest absolute Gasteiger partial charge is 0.307 e. The van der Waals surface area contributed by atoms with E-state index in [1.807, 2.05) is 17.5 Å². The van der Waals surface area contributed by atoms with Crippen molar-refractivity contribution in [2.75, 3.05) is 7.11 Å². The van der Waals surface area contributed by atoms with Crippen LogP contribution in [0.1, 0.15) is 24.3 Å². The van der Waals surface area contributed by atoms with E-state index in [0.717, 1.165) is 4.88 Å². The maximum atomic E-state index is 12.5. The number of hydrogen-bond donors (Lipinski definition) is 1. The van der Waals surface area contributed by atoms with Gasteiger partial charge in [-0.15, -0.1) is 11.3 Å². The zero-order valence-electron chi connectivity index (χ0n) is 9.65. The van der Waals surface area contributed by atoms with E-state index in [4.69, 9.17) is 0 Å². The molecule has 0 aromatic carbocycles. The number of halogens is 2. The van der Waals surface area contributed by atoms with Crippen molar-refractivity contribution in [2.45, 2.75) is 31.9 Å². The van der Waals surface area contributed by atoms with Gasteiger partial charge in [-0.2, -0.15) is 0 Å². The van der Waals surface area contributed by atoms with Crippen LogP contribution in [0.2, 0.25) is 0 Å². The van der Waals surface area contributed by atoms with Crippen molar-refractivity contribution in [3.8, 4) is 0 Å². The van der Waals surface area contributed by atoms with Gasteiger partial charge < -0.3 is 10.1 Å². The zero-order valence-corrected chi connectivity index (χ0v) is 10.5. The van der Waals surface area contributed by atoms with Gasteiger partial charge >= 0.3 is 5.97 Å². The summed E-state index contributed by atoms with van der Waals surface area (Å²) in [4.78, 5) is 12.1. The summed E-state index contributed by atoms with van der Waals surface area (Å²) < 4.78 is 29.5. The molecule has 1 N–H and O–H groups in total. The summed E-state index contributed by atoms with van der Waals surface area (Å²) in [6.07, 6.45) is -2.41. The average molecular weight is 263 g/mol. The fourth-order valence-electron chi connectivity index (χ4n) is 1.37. The summed E-state index contributed by atoms with van der Waals surface area (Å²) in [5.74, 6) is -0.419. The van der Waals surface area contributed by atoms with E-state index < -0.39 is 24.5 Å². The lowest BCUT2D eigenvalue weighted by atomic mass is 10.1. The highest BCUT2D eigenvalue weighted by molar-refractivity contribution is 7.10. The fourth-order valence-corrected chi connectivity index (χ4v) is 2.16. The van der Waals surface area contributed by atoms with Gasteiger partial charge in [-0.1, -0.05) is 6.07 Å². The first-order valence-corrected chi connectivity index (χ1v) is 6.07. The third kappa shape index (κ3) is 4.40. The molecule has 96 valence electrons. The standard InChI is InChI=1S/C11H15F2NO2S/c1-7(11(12)13)14-8(6-10(15)16-2)9-4-3-5-17-9/h3-5,7-8,11,14H,6H2,1-2H3. The molecule has 0 fully saturated rings. The second-order valence-electron chi connectivity index (χ2n) is 3.64. The predicted molar refractivity (Wildman–Crippen MR) is 62.3 cm³/mol. The summed E-state index contributed by atoms with van der Waals surface area (Å²) in [6.45, 7) is 1.39. The highest BCUT2D eigenvalue weighted by Crippen LogP contribution is 2.23. The number of carbonyl (C=O) groups is 1. The van der Waals surface area contributed by atoms with E-state index in [9.17, 15) is 13.6 Å². The predicted octanol–water partition coefficient (Wildman–Crippen LogP) is 2.60. The minimum atomic E-state index is -2.46. The van der Waals surface area contributed by atoms with Crippen LogP contribution in [-0.2, 0) is 9.53 Å². The van der Waals surface area contributed by atoms with Gasteiger partial charge in [-0.25, -0.2) is 8.78 Å². The molecule has 1 heterocycles. The second kappa shape index (κ2) is 6.66. The Morgan fingerprint density at radius 3 is 2.76 bits per heavy atom. The molecule has 1 rings (SSSR count). The first-order valence-electron chi connectivity index (χ1n) is 5.19. The van der Waals surface area contributed by atoms with Gasteiger partial charge in [0.2, 0.25) is 0 Å². The lowest BCUT2D eigenvalue weighted by Crippen LogP contribution is -2.36. The molecule has 0 amide bonds. The first-order chi connectivity index (χ1) is 8.04. The van der Waals surface area contributed by atoms with E-state index in [0.29, 0.717) is 0 Å². The molecule has 6 heteroatoms. The third-order valence-electron chi connectivity index (χ3n) is 2.33. The normalized spacial score (nSPS) is 14.6. The van der Waals surface area contributed by atoms with Gasteiger partial charge in [-0.05, 0) is 18.4 Å². The number of thiophene rings is 1. The SMILES string of the molecule is COC(=O)CC(NC(C)C(F)F)c1cccs1. The first kappa shape index (κ1) is 14.1. The molecule has 0 aliphatic carbocycles. The van der Waals surface area contributed by atoms with Crippen molar-refractivity contribution < 1.29 is 18.3 Å². The maximum absolute atomic E-state index is 12.5. The van der Waals surface area contributed by atoms with Crippen LogP contribution in [0.5, 0.6) is 0 Å². The number of methoxy groups -OCH3 is 1. The molecule has 0 aliphatic rings. The zero-order chi connectivity index (χ0) is 12.8. The number of ether oxygens (including phenoxy) is 1. The number of alkyl halides is 2. The van der Waals surface area contributed by atoms with Gasteiger partial charge in [0, 0.05) is 4.88 Å². The lowest BCUT2D eigenvalue weighted by Gasteiger charge is -2.21. The number of esters is 1. The summed E-state index contributed by atoms with van der Waals surface area (Å²) in [5, 5.41) is 4.59. The summed E-state index contributed by atoms with van der Waals surface area (Å²) in [6, 6.07) is 2.24. The van der Waals surface area contributed by atoms with Crippen molar-refractivity contribution in [1.82, 2.24) is 5.32 Å². The van der Waals surface area contributed by atoms with Crippen LogP contribution in [0.3, 0.4) is 0 Å². The van der Waals surface area contributed by atoms with Crippen LogP contribution < -0.4 is 5.32 Å². The highest BCUT2D eigenvalue weighted by atomic mass is 32.1. The Kier molecular flexibility index (Phi) is 5.50. The number of nitrogens with one attached hydrogen (secondary N) is 1. The van der Waals surface area contributed by atoms with Gasteiger partial charge in [0.15, 0.2) is 0 Å². The van der Waals surface area contributed by atoms with Gasteiger partial charge in [-0.3, -0.25) is 4.79 Å². The summed E-state index contributed by atoms with van der Waals surface area (Å²) in [5.41, 5.74) is 0. The minimum absolute atomic E-state index is 0.0497. The van der Waals surface area contributed by atoms with E-state index in [2.05, 4.69) is 10.1 Å². The molecule has 0 bridgehead atoms. The fraction of sp³-hybridized carbons (Fsp3) is 0.545. The molecule has 3 nitrogen and oxygen atoms in total. The molecule has 17 heavy (non-hydrogen) atoms. The molecule has 2 atom stereocenters. The Balaban J connectivity index is 2.69. The Morgan fingerprint density at radius 2 is 2.29 bits per heavy atom. The lowest BCUT2D eigenvalue weighted by molar-refractivity contribution is -0.141. The van der Waals surface area contributed by atoms with Crippen molar-refractivity contribution in [1.29, 1.82) is 0 Å². The number of rotatable bonds is 6. The topological polar surface area (TPSA) is 38.3 Å². The van der Waals surface area contributed by atoms with Crippen LogP contribution in [0.25, 0.3) is 0 Å². The molecule has 1 aromatic rings. The van der Waals surface area contributed by atoms with Gasteiger partial charge in [0.05, 0.1) is 25.6 Å². The molecule has 0 spiro atoms. The molecule has 0 saturated heterocycles. The van der Waals surface area contributed by atoms with Gasteiger partial charge in [0.25, 0.3) is 6.43 Å². The molecule has 0 saturated carbocycles. The summed E-state index contributed by atoms with van der Waals surface area (Å²) in [7, 11) is 1.28. The van der Waals surface area contributed by atoms with E-state index in [-0.39, 0.29) is 6.42 Å². The van der Waals surface area contributed by atoms with E-state index >= 15 is 0 Å². The van der Waals surface area contributed by atoms with Crippen LogP contribution in [-0.4, -0.2) is 25.5 Å². The van der Waals surface area contributed by atoms with Crippen molar-refractivity contribution in [2.24, 2.45) is 0 Å². The van der Waals surface area contributed by atoms with Crippen LogP contribution in [0, 0.1) is 0 Å². The molecule has 0 radical (unpaired) electrons. The Bertz CT molecular complexity index is 343. The monoisotopic (exact) mass is 263 g/mol. The number of hydrogen-bond acceptors (Lipinski definition) is 4. The van der Waals surface area contributed by atoms with E-state index in [1.54, 1.807) is 0 Å². The van der Waals surface area contributed by atoms with Crippen molar-refractivity contribution >= 4 is 17.3 Å². The Labute approximate surface area is 103 Å². The highest BCUT2D eigenvalue weighted by Gasteiger charge is 2.23. The number of carbonyl (C=O) groups excluding carboxylic acids is 1. The minimum Gasteiger partial charge on any atom is -0.469 e. The third-order valence-corrected chi connectivity index (χ3v) is 3.31. The second-order valence-corrected chi connectivity index (χ2v) is 4.62. The molecule has 2 unspecified atom stereocenters. The average Bonchev–Trinajstić information content (AvgIpc) is 2.80. The quantitative estimate of drug-likeness (QED) is 0.802. The van der Waals surface area contributed by atoms with Crippen molar-refractivity contribution in [3.05, 3.63) is 22.4 Å². The largest absolute Gasteiger partial charge is 0.469 e. The Morgan fingerprint density at radius 1 is 1.59 bits per heavy atom. The van der Waals surface area contributed by atoms with Crippen LogP contribution in [0.4, 0.5) is 8.78 Å². The van der Waals surface area contributed by atoms with Gasteiger partial charge in [0.1, 0.15) is 0 Å². The van der Waals surface area contributed by atoms with Crippen LogP contribution >= 0.6 is 11.3 Å². The molecule has 1 aromatic heterocycles. The molecular formula is C11H15F2NO2S.